The second-order valence-corrected chi connectivity index (χ2v) is 9.49. The van der Waals surface area contributed by atoms with Crippen molar-refractivity contribution < 1.29 is 0 Å². The summed E-state index contributed by atoms with van der Waals surface area (Å²) in [4.78, 5) is 28.7. The first kappa shape index (κ1) is 21.8. The predicted molar refractivity (Wildman–Crippen MR) is 142 cm³/mol. The minimum absolute atomic E-state index is 0.636. The van der Waals surface area contributed by atoms with Crippen LogP contribution in [0.1, 0.15) is 24.8 Å². The average Bonchev–Trinajstić information content (AvgIpc) is 3.58. The molecule has 0 spiro atoms. The van der Waals surface area contributed by atoms with Crippen molar-refractivity contribution in [2.45, 2.75) is 25.8 Å². The molecule has 0 aliphatic carbocycles. The van der Waals surface area contributed by atoms with Gasteiger partial charge in [0.25, 0.3) is 0 Å². The van der Waals surface area contributed by atoms with Crippen molar-refractivity contribution in [1.82, 2.24) is 45.0 Å². The number of aromatic amines is 2. The Morgan fingerprint density at radius 3 is 2.68 bits per heavy atom. The molecule has 1 aliphatic rings. The van der Waals surface area contributed by atoms with Crippen molar-refractivity contribution in [1.29, 1.82) is 0 Å². The van der Waals surface area contributed by atoms with Crippen LogP contribution in [0.15, 0.2) is 67.5 Å². The summed E-state index contributed by atoms with van der Waals surface area (Å²) in [6.45, 7) is 3.23. The highest BCUT2D eigenvalue weighted by molar-refractivity contribution is 5.96. The monoisotopic (exact) mass is 487 g/mol. The molecule has 0 aromatic carbocycles. The van der Waals surface area contributed by atoms with E-state index in [-0.39, 0.29) is 0 Å². The van der Waals surface area contributed by atoms with E-state index in [9.17, 15) is 0 Å². The maximum absolute atomic E-state index is 4.77. The third-order valence-corrected chi connectivity index (χ3v) is 6.98. The quantitative estimate of drug-likeness (QED) is 0.352. The average molecular weight is 488 g/mol. The van der Waals surface area contributed by atoms with Gasteiger partial charge in [0.2, 0.25) is 0 Å². The number of rotatable bonds is 5. The number of nitrogens with one attached hydrogen (secondary N) is 2. The Balaban J connectivity index is 1.26. The van der Waals surface area contributed by atoms with Crippen LogP contribution in [-0.2, 0) is 6.54 Å². The number of likely N-dealkylation sites (tertiary alicyclic amines) is 1. The maximum Gasteiger partial charge on any atom is 0.178 e. The van der Waals surface area contributed by atoms with Crippen molar-refractivity contribution in [3.63, 3.8) is 0 Å². The van der Waals surface area contributed by atoms with E-state index in [1.165, 1.54) is 24.8 Å². The van der Waals surface area contributed by atoms with Crippen LogP contribution >= 0.6 is 0 Å². The van der Waals surface area contributed by atoms with Gasteiger partial charge in [-0.2, -0.15) is 5.10 Å². The van der Waals surface area contributed by atoms with Crippen LogP contribution in [0.3, 0.4) is 0 Å². The smallest absolute Gasteiger partial charge is 0.178 e. The van der Waals surface area contributed by atoms with E-state index < -0.39 is 0 Å². The van der Waals surface area contributed by atoms with Crippen molar-refractivity contribution in [3.8, 4) is 33.9 Å². The molecule has 1 fully saturated rings. The molecule has 0 radical (unpaired) electrons. The molecule has 6 aromatic heterocycles. The van der Waals surface area contributed by atoms with Gasteiger partial charge in [0, 0.05) is 59.6 Å². The molecule has 37 heavy (non-hydrogen) atoms. The van der Waals surface area contributed by atoms with Gasteiger partial charge in [-0.3, -0.25) is 25.0 Å². The normalized spacial score (nSPS) is 14.5. The zero-order valence-corrected chi connectivity index (χ0v) is 20.2. The van der Waals surface area contributed by atoms with Crippen LogP contribution < -0.4 is 0 Å². The number of pyridine rings is 4. The predicted octanol–water partition coefficient (Wildman–Crippen LogP) is 5.01. The van der Waals surface area contributed by atoms with E-state index in [0.29, 0.717) is 11.5 Å². The molecule has 0 amide bonds. The molecule has 182 valence electrons. The fourth-order valence-corrected chi connectivity index (χ4v) is 5.13. The van der Waals surface area contributed by atoms with Gasteiger partial charge < -0.3 is 4.98 Å². The van der Waals surface area contributed by atoms with E-state index in [0.717, 1.165) is 64.1 Å². The number of imidazole rings is 1. The summed E-state index contributed by atoms with van der Waals surface area (Å²) in [6, 6.07) is 10.2. The lowest BCUT2D eigenvalue weighted by Gasteiger charge is -2.26. The molecular weight excluding hydrogens is 462 g/mol. The molecule has 2 N–H and O–H groups in total. The Kier molecular flexibility index (Phi) is 5.40. The Hall–Kier alpha value is -4.50. The first-order valence-corrected chi connectivity index (χ1v) is 12.6. The minimum atomic E-state index is 0.636. The van der Waals surface area contributed by atoms with Gasteiger partial charge in [-0.05, 0) is 55.8 Å². The minimum Gasteiger partial charge on any atom is -0.335 e. The molecular formula is C28H25N9. The number of piperidine rings is 1. The van der Waals surface area contributed by atoms with Crippen LogP contribution in [0.2, 0.25) is 0 Å². The first-order chi connectivity index (χ1) is 18.3. The number of hydrogen-bond donors (Lipinski definition) is 2. The van der Waals surface area contributed by atoms with E-state index in [1.54, 1.807) is 12.4 Å². The lowest BCUT2D eigenvalue weighted by atomic mass is 10.1. The van der Waals surface area contributed by atoms with Gasteiger partial charge in [-0.1, -0.05) is 12.5 Å². The molecule has 0 unspecified atom stereocenters. The topological polar surface area (TPSA) is 112 Å². The number of nitrogens with zero attached hydrogens (tertiary/aromatic N) is 7. The van der Waals surface area contributed by atoms with E-state index in [1.807, 2.05) is 43.0 Å². The SMILES string of the molecule is c1cncc(-c2ccnc3nc(-c4n[nH]c5cnc(-c6cncc(CN7CCCCC7)c6)cc45)[nH]c23)c1. The molecule has 0 bridgehead atoms. The summed E-state index contributed by atoms with van der Waals surface area (Å²) in [5.41, 5.74) is 8.11. The molecule has 0 saturated carbocycles. The first-order valence-electron chi connectivity index (χ1n) is 12.6. The number of H-pyrrole nitrogens is 2. The van der Waals surface area contributed by atoms with Crippen molar-refractivity contribution in [2.75, 3.05) is 13.1 Å². The van der Waals surface area contributed by atoms with E-state index in [4.69, 9.17) is 9.97 Å². The molecule has 1 saturated heterocycles. The summed E-state index contributed by atoms with van der Waals surface area (Å²) in [5, 5.41) is 8.61. The summed E-state index contributed by atoms with van der Waals surface area (Å²) in [7, 11) is 0. The van der Waals surface area contributed by atoms with Gasteiger partial charge in [0.15, 0.2) is 11.5 Å². The highest BCUT2D eigenvalue weighted by atomic mass is 15.1. The van der Waals surface area contributed by atoms with Crippen LogP contribution in [0.25, 0.3) is 56.0 Å². The highest BCUT2D eigenvalue weighted by Crippen LogP contribution is 2.31. The molecule has 9 nitrogen and oxygen atoms in total. The Labute approximate surface area is 213 Å². The van der Waals surface area contributed by atoms with Crippen molar-refractivity contribution >= 4 is 22.1 Å². The van der Waals surface area contributed by atoms with Crippen molar-refractivity contribution in [2.24, 2.45) is 0 Å². The zero-order chi connectivity index (χ0) is 24.6. The largest absolute Gasteiger partial charge is 0.335 e. The summed E-state index contributed by atoms with van der Waals surface area (Å²) in [6.07, 6.45) is 14.9. The van der Waals surface area contributed by atoms with Crippen LogP contribution in [-0.4, -0.2) is 58.1 Å². The second-order valence-electron chi connectivity index (χ2n) is 9.49. The van der Waals surface area contributed by atoms with Gasteiger partial charge >= 0.3 is 0 Å². The Morgan fingerprint density at radius 1 is 0.865 bits per heavy atom. The number of aromatic nitrogens is 8. The summed E-state index contributed by atoms with van der Waals surface area (Å²) in [5.74, 6) is 0.652. The number of hydrogen-bond acceptors (Lipinski definition) is 7. The van der Waals surface area contributed by atoms with E-state index in [2.05, 4.69) is 47.2 Å². The fraction of sp³-hybridized carbons (Fsp3) is 0.214. The second kappa shape index (κ2) is 9.18. The Morgan fingerprint density at radius 2 is 1.78 bits per heavy atom. The van der Waals surface area contributed by atoms with E-state index >= 15 is 0 Å². The molecule has 6 aromatic rings. The highest BCUT2D eigenvalue weighted by Gasteiger charge is 2.17. The zero-order valence-electron chi connectivity index (χ0n) is 20.2. The molecule has 1 aliphatic heterocycles. The van der Waals surface area contributed by atoms with Crippen LogP contribution in [0, 0.1) is 0 Å². The maximum atomic E-state index is 4.77. The Bertz CT molecular complexity index is 1700. The molecule has 9 heteroatoms. The summed E-state index contributed by atoms with van der Waals surface area (Å²) < 4.78 is 0. The van der Waals surface area contributed by atoms with Gasteiger partial charge in [0.1, 0.15) is 5.69 Å². The fourth-order valence-electron chi connectivity index (χ4n) is 5.13. The lowest BCUT2D eigenvalue weighted by Crippen LogP contribution is -2.29. The van der Waals surface area contributed by atoms with Crippen LogP contribution in [0.5, 0.6) is 0 Å². The van der Waals surface area contributed by atoms with Gasteiger partial charge in [-0.25, -0.2) is 9.97 Å². The van der Waals surface area contributed by atoms with Gasteiger partial charge in [-0.15, -0.1) is 0 Å². The van der Waals surface area contributed by atoms with Crippen LogP contribution in [0.4, 0.5) is 0 Å². The molecule has 0 atom stereocenters. The standard InChI is InChI=1S/C28H25N9/c1-2-9-37(10-3-1)17-18-11-20(15-30-13-18)23-12-22-24(16-32-23)35-36-26(22)28-33-25-21(6-8-31-27(25)34-28)19-5-4-7-29-14-19/h4-8,11-16H,1-3,9-10,17H2,(H,35,36)(H,31,33,34). The van der Waals surface area contributed by atoms with Gasteiger partial charge in [0.05, 0.1) is 22.9 Å². The lowest BCUT2D eigenvalue weighted by molar-refractivity contribution is 0.220. The molecule has 7 rings (SSSR count). The number of fused-ring (bicyclic) bond motifs is 2. The summed E-state index contributed by atoms with van der Waals surface area (Å²) >= 11 is 0. The van der Waals surface area contributed by atoms with Crippen molar-refractivity contribution in [3.05, 3.63) is 73.1 Å². The third-order valence-electron chi connectivity index (χ3n) is 6.98. The third kappa shape index (κ3) is 4.13. The molecule has 7 heterocycles.